The summed E-state index contributed by atoms with van der Waals surface area (Å²) < 4.78 is 1.82. The predicted octanol–water partition coefficient (Wildman–Crippen LogP) is 1.07. The molecule has 0 aromatic carbocycles. The van der Waals surface area contributed by atoms with E-state index in [-0.39, 0.29) is 4.99 Å². The van der Waals surface area contributed by atoms with Crippen LogP contribution in [-0.2, 0) is 6.54 Å². The van der Waals surface area contributed by atoms with Crippen LogP contribution >= 0.6 is 12.2 Å². The van der Waals surface area contributed by atoms with Crippen molar-refractivity contribution in [1.29, 1.82) is 0 Å². The lowest BCUT2D eigenvalue weighted by molar-refractivity contribution is 0.660. The molecule has 2 aromatic heterocycles. The number of nitrogens with two attached hydrogens (primary N) is 1. The molecule has 0 aliphatic carbocycles. The first-order chi connectivity index (χ1) is 8.19. The van der Waals surface area contributed by atoms with Gasteiger partial charge in [0, 0.05) is 12.7 Å². The number of anilines is 2. The molecule has 3 N–H and O–H groups in total. The zero-order valence-corrected chi connectivity index (χ0v) is 10.1. The Balaban J connectivity index is 2.10. The zero-order chi connectivity index (χ0) is 12.3. The molecule has 88 valence electrons. The average Bonchev–Trinajstić information content (AvgIpc) is 2.77. The van der Waals surface area contributed by atoms with Crippen LogP contribution in [-0.4, -0.2) is 24.7 Å². The van der Waals surface area contributed by atoms with Crippen LogP contribution in [0.4, 0.5) is 11.5 Å². The Morgan fingerprint density at radius 3 is 2.76 bits per heavy atom. The molecule has 0 aliphatic rings. The molecular formula is C10H12N6S. The van der Waals surface area contributed by atoms with Gasteiger partial charge in [0.15, 0.2) is 0 Å². The van der Waals surface area contributed by atoms with Crippen LogP contribution in [0.5, 0.6) is 0 Å². The highest BCUT2D eigenvalue weighted by molar-refractivity contribution is 7.80. The van der Waals surface area contributed by atoms with Crippen molar-refractivity contribution < 1.29 is 0 Å². The summed E-state index contributed by atoms with van der Waals surface area (Å²) >= 11 is 4.80. The van der Waals surface area contributed by atoms with E-state index in [1.54, 1.807) is 12.4 Å². The van der Waals surface area contributed by atoms with Crippen LogP contribution in [0.25, 0.3) is 0 Å². The summed E-state index contributed by atoms with van der Waals surface area (Å²) in [6.45, 7) is 2.85. The fraction of sp³-hybridized carbons (Fsp3) is 0.200. The molecule has 0 atom stereocenters. The maximum absolute atomic E-state index is 5.43. The number of rotatable bonds is 4. The Morgan fingerprint density at radius 2 is 2.24 bits per heavy atom. The first kappa shape index (κ1) is 11.5. The van der Waals surface area contributed by atoms with Gasteiger partial charge < -0.3 is 11.1 Å². The van der Waals surface area contributed by atoms with E-state index in [1.807, 2.05) is 17.8 Å². The number of thiocarbonyl (C=S) groups is 1. The Kier molecular flexibility index (Phi) is 3.29. The summed E-state index contributed by atoms with van der Waals surface area (Å²) in [4.78, 5) is 8.47. The second-order valence-corrected chi connectivity index (χ2v) is 3.80. The summed E-state index contributed by atoms with van der Waals surface area (Å²) in [6.07, 6.45) is 6.74. The molecule has 2 heterocycles. The van der Waals surface area contributed by atoms with Gasteiger partial charge in [0.25, 0.3) is 0 Å². The highest BCUT2D eigenvalue weighted by atomic mass is 32.1. The Bertz CT molecular complexity index is 518. The maximum Gasteiger partial charge on any atom is 0.148 e. The molecule has 2 aromatic rings. The van der Waals surface area contributed by atoms with Crippen molar-refractivity contribution in [1.82, 2.24) is 19.7 Å². The van der Waals surface area contributed by atoms with Gasteiger partial charge in [0.2, 0.25) is 0 Å². The van der Waals surface area contributed by atoms with E-state index in [1.165, 1.54) is 6.20 Å². The van der Waals surface area contributed by atoms with Crippen LogP contribution in [0.2, 0.25) is 0 Å². The molecule has 0 radical (unpaired) electrons. The largest absolute Gasteiger partial charge is 0.388 e. The first-order valence-electron chi connectivity index (χ1n) is 5.10. The lowest BCUT2D eigenvalue weighted by Gasteiger charge is -2.02. The summed E-state index contributed by atoms with van der Waals surface area (Å²) in [5, 5.41) is 7.23. The second-order valence-electron chi connectivity index (χ2n) is 3.36. The van der Waals surface area contributed by atoms with Gasteiger partial charge in [0.1, 0.15) is 16.5 Å². The highest BCUT2D eigenvalue weighted by Gasteiger charge is 2.01. The SMILES string of the molecule is CCn1cc(Nc2cnc(C(N)=S)cn2)cn1. The molecular weight excluding hydrogens is 236 g/mol. The molecule has 0 bridgehead atoms. The normalized spacial score (nSPS) is 10.2. The lowest BCUT2D eigenvalue weighted by atomic mass is 10.4. The topological polar surface area (TPSA) is 81.7 Å². The van der Waals surface area contributed by atoms with E-state index in [0.717, 1.165) is 12.2 Å². The molecule has 0 aliphatic heterocycles. The van der Waals surface area contributed by atoms with Crippen molar-refractivity contribution >= 4 is 28.7 Å². The Labute approximate surface area is 104 Å². The van der Waals surface area contributed by atoms with Crippen molar-refractivity contribution in [3.05, 3.63) is 30.5 Å². The average molecular weight is 248 g/mol. The Hall–Kier alpha value is -2.02. The van der Waals surface area contributed by atoms with Crippen LogP contribution in [0, 0.1) is 0 Å². The number of aryl methyl sites for hydroxylation is 1. The van der Waals surface area contributed by atoms with Gasteiger partial charge in [-0.1, -0.05) is 12.2 Å². The van der Waals surface area contributed by atoms with E-state index in [4.69, 9.17) is 18.0 Å². The van der Waals surface area contributed by atoms with Crippen molar-refractivity contribution in [2.24, 2.45) is 5.73 Å². The highest BCUT2D eigenvalue weighted by Crippen LogP contribution is 2.12. The standard InChI is InChI=1S/C10H12N6S/c1-2-16-6-7(3-14-16)15-9-5-12-8(4-13-9)10(11)17/h3-6H,2H2,1H3,(H2,11,17)(H,13,15). The van der Waals surface area contributed by atoms with E-state index in [9.17, 15) is 0 Å². The molecule has 0 spiro atoms. The van der Waals surface area contributed by atoms with Crippen LogP contribution < -0.4 is 11.1 Å². The summed E-state index contributed by atoms with van der Waals surface area (Å²) in [6, 6.07) is 0. The molecule has 0 saturated heterocycles. The van der Waals surface area contributed by atoms with Crippen molar-refractivity contribution in [2.75, 3.05) is 5.32 Å². The second kappa shape index (κ2) is 4.88. The van der Waals surface area contributed by atoms with Gasteiger partial charge in [-0.3, -0.25) is 4.68 Å². The van der Waals surface area contributed by atoms with E-state index in [0.29, 0.717) is 11.5 Å². The third-order valence-electron chi connectivity index (χ3n) is 2.13. The minimum atomic E-state index is 0.239. The number of aromatic nitrogens is 4. The molecule has 0 amide bonds. The monoisotopic (exact) mass is 248 g/mol. The fourth-order valence-electron chi connectivity index (χ4n) is 1.27. The van der Waals surface area contributed by atoms with Crippen LogP contribution in [0.1, 0.15) is 12.6 Å². The Morgan fingerprint density at radius 1 is 1.41 bits per heavy atom. The van der Waals surface area contributed by atoms with E-state index in [2.05, 4.69) is 20.4 Å². The van der Waals surface area contributed by atoms with Crippen LogP contribution in [0.15, 0.2) is 24.8 Å². The van der Waals surface area contributed by atoms with E-state index >= 15 is 0 Å². The molecule has 17 heavy (non-hydrogen) atoms. The number of hydrogen-bond donors (Lipinski definition) is 2. The quantitative estimate of drug-likeness (QED) is 0.788. The third kappa shape index (κ3) is 2.76. The van der Waals surface area contributed by atoms with Crippen molar-refractivity contribution in [2.45, 2.75) is 13.5 Å². The predicted molar refractivity (Wildman–Crippen MR) is 69.1 cm³/mol. The summed E-state index contributed by atoms with van der Waals surface area (Å²) in [5.74, 6) is 0.626. The van der Waals surface area contributed by atoms with Gasteiger partial charge in [-0.2, -0.15) is 5.10 Å². The van der Waals surface area contributed by atoms with E-state index < -0.39 is 0 Å². The van der Waals surface area contributed by atoms with Crippen molar-refractivity contribution in [3.63, 3.8) is 0 Å². The molecule has 0 saturated carbocycles. The van der Waals surface area contributed by atoms with Crippen LogP contribution in [0.3, 0.4) is 0 Å². The first-order valence-corrected chi connectivity index (χ1v) is 5.51. The molecule has 6 nitrogen and oxygen atoms in total. The molecule has 2 rings (SSSR count). The van der Waals surface area contributed by atoms with Gasteiger partial charge in [-0.25, -0.2) is 9.97 Å². The molecule has 7 heteroatoms. The van der Waals surface area contributed by atoms with Crippen molar-refractivity contribution in [3.8, 4) is 0 Å². The number of nitrogens with one attached hydrogen (secondary N) is 1. The molecule has 0 fully saturated rings. The third-order valence-corrected chi connectivity index (χ3v) is 2.34. The van der Waals surface area contributed by atoms with Gasteiger partial charge in [-0.15, -0.1) is 0 Å². The maximum atomic E-state index is 5.43. The fourth-order valence-corrected chi connectivity index (χ4v) is 1.37. The smallest absolute Gasteiger partial charge is 0.148 e. The minimum Gasteiger partial charge on any atom is -0.388 e. The summed E-state index contributed by atoms with van der Waals surface area (Å²) in [5.41, 5.74) is 6.81. The number of hydrogen-bond acceptors (Lipinski definition) is 5. The summed E-state index contributed by atoms with van der Waals surface area (Å²) in [7, 11) is 0. The molecule has 0 unspecified atom stereocenters. The number of nitrogens with zero attached hydrogens (tertiary/aromatic N) is 4. The lowest BCUT2D eigenvalue weighted by Crippen LogP contribution is -2.12. The minimum absolute atomic E-state index is 0.239. The van der Waals surface area contributed by atoms with Gasteiger partial charge in [0.05, 0.1) is 24.3 Å². The van der Waals surface area contributed by atoms with Gasteiger partial charge in [-0.05, 0) is 6.92 Å². The van der Waals surface area contributed by atoms with Gasteiger partial charge >= 0.3 is 0 Å². The zero-order valence-electron chi connectivity index (χ0n) is 9.29.